The fourth-order valence-corrected chi connectivity index (χ4v) is 2.47. The van der Waals surface area contributed by atoms with Gasteiger partial charge in [0.05, 0.1) is 0 Å². The number of amides is 2. The third-order valence-corrected chi connectivity index (χ3v) is 4.05. The van der Waals surface area contributed by atoms with Gasteiger partial charge >= 0.3 is 0 Å². The Morgan fingerprint density at radius 3 is 2.14 bits per heavy atom. The highest BCUT2D eigenvalue weighted by Gasteiger charge is 2.10. The van der Waals surface area contributed by atoms with Gasteiger partial charge in [0.1, 0.15) is 5.82 Å². The summed E-state index contributed by atoms with van der Waals surface area (Å²) in [5.41, 5.74) is 1.90. The van der Waals surface area contributed by atoms with Gasteiger partial charge in [0, 0.05) is 29.8 Å². The maximum Gasteiger partial charge on any atom is 0.257 e. The summed E-state index contributed by atoms with van der Waals surface area (Å²) in [6.45, 7) is 3.81. The maximum absolute atomic E-state index is 13.5. The molecule has 0 aliphatic heterocycles. The third kappa shape index (κ3) is 4.59. The molecule has 3 rings (SSSR count). The normalized spacial score (nSPS) is 10.5. The number of carbonyl (C=O) groups is 2. The van der Waals surface area contributed by atoms with Gasteiger partial charge in [-0.1, -0.05) is 11.2 Å². The van der Waals surface area contributed by atoms with E-state index >= 15 is 0 Å². The fraction of sp³-hybridized carbons (Fsp3) is 0.200. The van der Waals surface area contributed by atoms with Crippen molar-refractivity contribution in [3.05, 3.63) is 70.8 Å². The maximum atomic E-state index is 13.5. The minimum atomic E-state index is -0.430. The molecule has 1 aromatic heterocycles. The van der Waals surface area contributed by atoms with E-state index in [1.807, 2.05) is 0 Å². The van der Waals surface area contributed by atoms with Crippen LogP contribution in [0.25, 0.3) is 11.5 Å². The number of benzene rings is 2. The number of hydrogen-bond donors (Lipinski definition) is 2. The Labute approximate surface area is 161 Å². The molecular weight excluding hydrogens is 363 g/mol. The quantitative estimate of drug-likeness (QED) is 0.639. The first kappa shape index (κ1) is 19.2. The van der Waals surface area contributed by atoms with Gasteiger partial charge in [-0.2, -0.15) is 4.98 Å². The topological polar surface area (TPSA) is 97.1 Å². The zero-order chi connectivity index (χ0) is 20.1. The lowest BCUT2D eigenvalue weighted by molar-refractivity contribution is 0.0927. The van der Waals surface area contributed by atoms with Crippen LogP contribution in [0.4, 0.5) is 4.39 Å². The van der Waals surface area contributed by atoms with Crippen molar-refractivity contribution in [2.24, 2.45) is 0 Å². The standard InChI is InChI=1S/C20H19FN4O3/c1-12-3-4-16(11-17(12)21)19(27)23-10-9-22-18(26)14-5-7-15(8-6-14)20-24-13(2)25-28-20/h3-8,11H,9-10H2,1-2H3,(H,22,26)(H,23,27). The summed E-state index contributed by atoms with van der Waals surface area (Å²) in [6, 6.07) is 11.0. The van der Waals surface area contributed by atoms with Crippen molar-refractivity contribution in [2.45, 2.75) is 13.8 Å². The number of nitrogens with one attached hydrogen (secondary N) is 2. The number of halogens is 1. The Balaban J connectivity index is 1.47. The average Bonchev–Trinajstić information content (AvgIpc) is 3.13. The van der Waals surface area contributed by atoms with Gasteiger partial charge in [-0.3, -0.25) is 9.59 Å². The van der Waals surface area contributed by atoms with Gasteiger partial charge in [0.15, 0.2) is 5.82 Å². The second-order valence-corrected chi connectivity index (χ2v) is 6.20. The van der Waals surface area contributed by atoms with Crippen molar-refractivity contribution >= 4 is 11.8 Å². The Morgan fingerprint density at radius 1 is 0.964 bits per heavy atom. The van der Waals surface area contributed by atoms with Crippen LogP contribution in [-0.2, 0) is 0 Å². The molecule has 28 heavy (non-hydrogen) atoms. The lowest BCUT2D eigenvalue weighted by Crippen LogP contribution is -2.34. The lowest BCUT2D eigenvalue weighted by Gasteiger charge is -2.08. The molecule has 8 heteroatoms. The minimum absolute atomic E-state index is 0.222. The second kappa shape index (κ2) is 8.43. The Morgan fingerprint density at radius 2 is 1.57 bits per heavy atom. The molecule has 1 heterocycles. The summed E-state index contributed by atoms with van der Waals surface area (Å²) >= 11 is 0. The van der Waals surface area contributed by atoms with Crippen LogP contribution in [0.3, 0.4) is 0 Å². The molecule has 3 aromatic rings. The van der Waals surface area contributed by atoms with Crippen molar-refractivity contribution in [1.82, 2.24) is 20.8 Å². The van der Waals surface area contributed by atoms with Crippen LogP contribution in [0.1, 0.15) is 32.1 Å². The molecule has 0 atom stereocenters. The highest BCUT2D eigenvalue weighted by Crippen LogP contribution is 2.17. The van der Waals surface area contributed by atoms with Crippen molar-refractivity contribution in [1.29, 1.82) is 0 Å². The molecule has 0 spiro atoms. The molecule has 0 fully saturated rings. The van der Waals surface area contributed by atoms with Crippen LogP contribution < -0.4 is 10.6 Å². The van der Waals surface area contributed by atoms with E-state index in [0.29, 0.717) is 22.8 Å². The molecule has 144 valence electrons. The molecule has 0 saturated heterocycles. The van der Waals surface area contributed by atoms with E-state index in [0.717, 1.165) is 5.56 Å². The summed E-state index contributed by atoms with van der Waals surface area (Å²) in [5, 5.41) is 9.07. The van der Waals surface area contributed by atoms with Crippen LogP contribution in [0.5, 0.6) is 0 Å². The Hall–Kier alpha value is -3.55. The number of aromatic nitrogens is 2. The smallest absolute Gasteiger partial charge is 0.257 e. The molecule has 0 saturated carbocycles. The van der Waals surface area contributed by atoms with Crippen LogP contribution >= 0.6 is 0 Å². The van der Waals surface area contributed by atoms with E-state index in [9.17, 15) is 14.0 Å². The van der Waals surface area contributed by atoms with Crippen molar-refractivity contribution in [2.75, 3.05) is 13.1 Å². The Bertz CT molecular complexity index is 999. The van der Waals surface area contributed by atoms with Crippen LogP contribution in [0.2, 0.25) is 0 Å². The summed E-state index contributed by atoms with van der Waals surface area (Å²) < 4.78 is 18.6. The van der Waals surface area contributed by atoms with E-state index in [2.05, 4.69) is 20.8 Å². The fourth-order valence-electron chi connectivity index (χ4n) is 2.47. The number of nitrogens with zero attached hydrogens (tertiary/aromatic N) is 2. The summed E-state index contributed by atoms with van der Waals surface area (Å²) in [6.07, 6.45) is 0. The number of rotatable bonds is 6. The molecule has 0 bridgehead atoms. The first-order valence-electron chi connectivity index (χ1n) is 8.67. The Kier molecular flexibility index (Phi) is 5.78. The van der Waals surface area contributed by atoms with Crippen LogP contribution in [-0.4, -0.2) is 35.0 Å². The first-order valence-corrected chi connectivity index (χ1v) is 8.67. The molecule has 0 aliphatic rings. The number of carbonyl (C=O) groups excluding carboxylic acids is 2. The molecule has 0 radical (unpaired) electrons. The SMILES string of the molecule is Cc1noc(-c2ccc(C(=O)NCCNC(=O)c3ccc(C)c(F)c3)cc2)n1. The average molecular weight is 382 g/mol. The lowest BCUT2D eigenvalue weighted by atomic mass is 10.1. The summed E-state index contributed by atoms with van der Waals surface area (Å²) in [7, 11) is 0. The number of hydrogen-bond acceptors (Lipinski definition) is 5. The summed E-state index contributed by atoms with van der Waals surface area (Å²) in [5.74, 6) is -0.178. The van der Waals surface area contributed by atoms with E-state index in [4.69, 9.17) is 4.52 Å². The van der Waals surface area contributed by atoms with Crippen LogP contribution in [0, 0.1) is 19.7 Å². The van der Waals surface area contributed by atoms with Gasteiger partial charge < -0.3 is 15.2 Å². The number of aryl methyl sites for hydroxylation is 2. The highest BCUT2D eigenvalue weighted by molar-refractivity contribution is 5.95. The highest BCUT2D eigenvalue weighted by atomic mass is 19.1. The van der Waals surface area contributed by atoms with Crippen LogP contribution in [0.15, 0.2) is 47.0 Å². The predicted octanol–water partition coefficient (Wildman–Crippen LogP) is 2.65. The van der Waals surface area contributed by atoms with E-state index < -0.39 is 11.7 Å². The van der Waals surface area contributed by atoms with Gasteiger partial charge in [-0.25, -0.2) is 4.39 Å². The molecule has 7 nitrogen and oxygen atoms in total. The minimum Gasteiger partial charge on any atom is -0.350 e. The van der Waals surface area contributed by atoms with Gasteiger partial charge in [0.2, 0.25) is 0 Å². The van der Waals surface area contributed by atoms with Gasteiger partial charge in [0.25, 0.3) is 17.7 Å². The largest absolute Gasteiger partial charge is 0.350 e. The van der Waals surface area contributed by atoms with E-state index in [-0.39, 0.29) is 24.6 Å². The molecule has 0 aliphatic carbocycles. The van der Waals surface area contributed by atoms with E-state index in [1.54, 1.807) is 50.2 Å². The second-order valence-electron chi connectivity index (χ2n) is 6.20. The van der Waals surface area contributed by atoms with Crippen molar-refractivity contribution in [3.63, 3.8) is 0 Å². The molecule has 0 unspecified atom stereocenters. The van der Waals surface area contributed by atoms with Crippen molar-refractivity contribution < 1.29 is 18.5 Å². The van der Waals surface area contributed by atoms with Crippen molar-refractivity contribution in [3.8, 4) is 11.5 Å². The molecule has 2 amide bonds. The van der Waals surface area contributed by atoms with Gasteiger partial charge in [-0.05, 0) is 55.8 Å². The first-order chi connectivity index (χ1) is 13.4. The molecule has 2 aromatic carbocycles. The monoisotopic (exact) mass is 382 g/mol. The predicted molar refractivity (Wildman–Crippen MR) is 100 cm³/mol. The molecular formula is C20H19FN4O3. The van der Waals surface area contributed by atoms with Gasteiger partial charge in [-0.15, -0.1) is 0 Å². The zero-order valence-electron chi connectivity index (χ0n) is 15.5. The van der Waals surface area contributed by atoms with E-state index in [1.165, 1.54) is 6.07 Å². The summed E-state index contributed by atoms with van der Waals surface area (Å²) in [4.78, 5) is 28.3. The molecule has 2 N–H and O–H groups in total. The third-order valence-electron chi connectivity index (χ3n) is 4.05. The zero-order valence-corrected chi connectivity index (χ0v) is 15.5.